The summed E-state index contributed by atoms with van der Waals surface area (Å²) in [7, 11) is 0. The number of nitrogens with zero attached hydrogens (tertiary/aromatic N) is 2. The van der Waals surface area contributed by atoms with Crippen molar-refractivity contribution < 1.29 is 14.3 Å². The van der Waals surface area contributed by atoms with E-state index in [9.17, 15) is 9.59 Å². The predicted molar refractivity (Wildman–Crippen MR) is 96.9 cm³/mol. The van der Waals surface area contributed by atoms with Gasteiger partial charge in [0.15, 0.2) is 0 Å². The average molecular weight is 348 g/mol. The zero-order valence-corrected chi connectivity index (χ0v) is 16.1. The lowest BCUT2D eigenvalue weighted by Crippen LogP contribution is -2.50. The Labute approximate surface area is 151 Å². The van der Waals surface area contributed by atoms with E-state index in [4.69, 9.17) is 4.74 Å². The summed E-state index contributed by atoms with van der Waals surface area (Å²) in [5, 5.41) is 0. The van der Waals surface area contributed by atoms with Crippen LogP contribution in [0.3, 0.4) is 0 Å². The lowest BCUT2D eigenvalue weighted by Gasteiger charge is -2.36. The molecule has 1 aliphatic carbocycles. The third-order valence-electron chi connectivity index (χ3n) is 6.09. The van der Waals surface area contributed by atoms with E-state index in [1.165, 1.54) is 5.57 Å². The number of amides is 2. The Balaban J connectivity index is 1.62. The maximum absolute atomic E-state index is 13.1. The summed E-state index contributed by atoms with van der Waals surface area (Å²) in [6, 6.07) is 0. The molecule has 25 heavy (non-hydrogen) atoms. The van der Waals surface area contributed by atoms with Crippen molar-refractivity contribution in [1.82, 2.24) is 9.80 Å². The van der Waals surface area contributed by atoms with E-state index in [-0.39, 0.29) is 29.1 Å². The van der Waals surface area contributed by atoms with Gasteiger partial charge in [-0.05, 0) is 38.0 Å². The van der Waals surface area contributed by atoms with Crippen LogP contribution in [0.4, 0.5) is 0 Å². The Morgan fingerprint density at radius 2 is 1.72 bits per heavy atom. The van der Waals surface area contributed by atoms with Gasteiger partial charge in [0.05, 0.1) is 25.0 Å². The molecule has 2 amide bonds. The van der Waals surface area contributed by atoms with Crippen LogP contribution in [0, 0.1) is 23.2 Å². The van der Waals surface area contributed by atoms with Gasteiger partial charge in [-0.2, -0.15) is 0 Å². The number of hydrogen-bond donors (Lipinski definition) is 0. The fourth-order valence-electron chi connectivity index (χ4n) is 4.44. The monoisotopic (exact) mass is 348 g/mol. The standard InChI is InChI=1S/C20H32N2O3/c1-14(2)12-16-17(20(16,3)4)19(24)22-7-5-6-15(13-22)18(23)21-8-10-25-11-9-21/h12,15-17H,5-11,13H2,1-4H3/t15-,16-,17-/m1/s1. The van der Waals surface area contributed by atoms with Gasteiger partial charge in [-0.3, -0.25) is 9.59 Å². The number of likely N-dealkylation sites (tertiary alicyclic amines) is 1. The lowest BCUT2D eigenvalue weighted by atomic mass is 9.95. The highest BCUT2D eigenvalue weighted by molar-refractivity contribution is 5.85. The molecule has 2 heterocycles. The van der Waals surface area contributed by atoms with Crippen LogP contribution in [-0.2, 0) is 14.3 Å². The Morgan fingerprint density at radius 3 is 2.36 bits per heavy atom. The molecule has 5 nitrogen and oxygen atoms in total. The Kier molecular flexibility index (Phi) is 5.24. The minimum Gasteiger partial charge on any atom is -0.378 e. The lowest BCUT2D eigenvalue weighted by molar-refractivity contribution is -0.144. The molecule has 0 spiro atoms. The second kappa shape index (κ2) is 7.10. The van der Waals surface area contributed by atoms with Crippen molar-refractivity contribution in [2.45, 2.75) is 40.5 Å². The third kappa shape index (κ3) is 3.76. The molecule has 3 aliphatic rings. The normalized spacial score (nSPS) is 31.4. The first kappa shape index (κ1) is 18.4. The summed E-state index contributed by atoms with van der Waals surface area (Å²) < 4.78 is 5.34. The summed E-state index contributed by atoms with van der Waals surface area (Å²) in [4.78, 5) is 29.7. The maximum atomic E-state index is 13.1. The fourth-order valence-corrected chi connectivity index (χ4v) is 4.44. The smallest absolute Gasteiger partial charge is 0.227 e. The van der Waals surface area contributed by atoms with Crippen LogP contribution in [0.15, 0.2) is 11.6 Å². The first-order valence-electron chi connectivity index (χ1n) is 9.62. The number of piperidine rings is 1. The molecule has 0 aromatic heterocycles. The molecule has 0 bridgehead atoms. The fraction of sp³-hybridized carbons (Fsp3) is 0.800. The van der Waals surface area contributed by atoms with Gasteiger partial charge in [0.25, 0.3) is 0 Å². The van der Waals surface area contributed by atoms with Crippen LogP contribution < -0.4 is 0 Å². The maximum Gasteiger partial charge on any atom is 0.227 e. The van der Waals surface area contributed by atoms with E-state index in [1.807, 2.05) is 9.80 Å². The quantitative estimate of drug-likeness (QED) is 0.736. The van der Waals surface area contributed by atoms with Crippen molar-refractivity contribution in [1.29, 1.82) is 0 Å². The minimum absolute atomic E-state index is 0.0372. The molecule has 0 unspecified atom stereocenters. The molecule has 3 atom stereocenters. The first-order chi connectivity index (χ1) is 11.8. The molecule has 1 saturated carbocycles. The number of carbonyl (C=O) groups is 2. The van der Waals surface area contributed by atoms with Gasteiger partial charge in [0.1, 0.15) is 0 Å². The summed E-state index contributed by atoms with van der Waals surface area (Å²) in [5.74, 6) is 0.809. The van der Waals surface area contributed by atoms with Crippen molar-refractivity contribution in [3.05, 3.63) is 11.6 Å². The van der Waals surface area contributed by atoms with E-state index in [2.05, 4.69) is 33.8 Å². The van der Waals surface area contributed by atoms with E-state index in [1.54, 1.807) is 0 Å². The highest BCUT2D eigenvalue weighted by atomic mass is 16.5. The van der Waals surface area contributed by atoms with Gasteiger partial charge >= 0.3 is 0 Å². The van der Waals surface area contributed by atoms with Crippen molar-refractivity contribution in [3.63, 3.8) is 0 Å². The van der Waals surface area contributed by atoms with Crippen LogP contribution in [0.25, 0.3) is 0 Å². The van der Waals surface area contributed by atoms with Gasteiger partial charge in [0, 0.05) is 26.2 Å². The number of morpholine rings is 1. The Bertz CT molecular complexity index is 559. The second-order valence-electron chi connectivity index (χ2n) is 8.63. The molecule has 0 radical (unpaired) electrons. The predicted octanol–water partition coefficient (Wildman–Crippen LogP) is 2.32. The molecule has 0 aromatic carbocycles. The van der Waals surface area contributed by atoms with Crippen LogP contribution in [0.2, 0.25) is 0 Å². The highest BCUT2D eigenvalue weighted by Crippen LogP contribution is 2.60. The van der Waals surface area contributed by atoms with Gasteiger partial charge < -0.3 is 14.5 Å². The number of ether oxygens (including phenoxy) is 1. The van der Waals surface area contributed by atoms with Gasteiger partial charge in [-0.1, -0.05) is 25.5 Å². The Hall–Kier alpha value is -1.36. The second-order valence-corrected chi connectivity index (χ2v) is 8.63. The third-order valence-corrected chi connectivity index (χ3v) is 6.09. The number of hydrogen-bond acceptors (Lipinski definition) is 3. The molecule has 2 aliphatic heterocycles. The first-order valence-corrected chi connectivity index (χ1v) is 9.62. The summed E-state index contributed by atoms with van der Waals surface area (Å²) in [5.41, 5.74) is 1.31. The SMILES string of the molecule is CC(C)=C[C@@H]1[C@H](C(=O)N2CCC[C@@H](C(=O)N3CCOCC3)C2)C1(C)C. The van der Waals surface area contributed by atoms with E-state index in [0.29, 0.717) is 38.8 Å². The van der Waals surface area contributed by atoms with Gasteiger partial charge in [-0.15, -0.1) is 0 Å². The molecular weight excluding hydrogens is 316 g/mol. The van der Waals surface area contributed by atoms with E-state index >= 15 is 0 Å². The van der Waals surface area contributed by atoms with Crippen molar-refractivity contribution in [3.8, 4) is 0 Å². The summed E-state index contributed by atoms with van der Waals surface area (Å²) in [6.45, 7) is 12.5. The van der Waals surface area contributed by atoms with Gasteiger partial charge in [0.2, 0.25) is 11.8 Å². The number of rotatable bonds is 3. The molecule has 0 aromatic rings. The number of allylic oxidation sites excluding steroid dienone is 2. The molecule has 3 fully saturated rings. The van der Waals surface area contributed by atoms with E-state index in [0.717, 1.165) is 19.4 Å². The zero-order valence-electron chi connectivity index (χ0n) is 16.1. The highest BCUT2D eigenvalue weighted by Gasteiger charge is 2.61. The van der Waals surface area contributed by atoms with Crippen LogP contribution in [0.1, 0.15) is 40.5 Å². The molecule has 140 valence electrons. The molecule has 0 N–H and O–H groups in total. The van der Waals surface area contributed by atoms with Crippen LogP contribution in [0.5, 0.6) is 0 Å². The summed E-state index contributed by atoms with van der Waals surface area (Å²) in [6.07, 6.45) is 4.06. The minimum atomic E-state index is -0.0421. The van der Waals surface area contributed by atoms with E-state index < -0.39 is 0 Å². The van der Waals surface area contributed by atoms with Crippen molar-refractivity contribution in [2.75, 3.05) is 39.4 Å². The summed E-state index contributed by atoms with van der Waals surface area (Å²) >= 11 is 0. The number of carbonyl (C=O) groups excluding carboxylic acids is 2. The van der Waals surface area contributed by atoms with Crippen molar-refractivity contribution in [2.24, 2.45) is 23.2 Å². The van der Waals surface area contributed by atoms with Crippen LogP contribution in [-0.4, -0.2) is 61.0 Å². The Morgan fingerprint density at radius 1 is 1.04 bits per heavy atom. The topological polar surface area (TPSA) is 49.9 Å². The van der Waals surface area contributed by atoms with Crippen LogP contribution >= 0.6 is 0 Å². The zero-order chi connectivity index (χ0) is 18.2. The largest absolute Gasteiger partial charge is 0.378 e. The molecule has 3 rings (SSSR count). The molecule has 5 heteroatoms. The van der Waals surface area contributed by atoms with Gasteiger partial charge in [-0.25, -0.2) is 0 Å². The van der Waals surface area contributed by atoms with Crippen molar-refractivity contribution >= 4 is 11.8 Å². The molecular formula is C20H32N2O3. The molecule has 2 saturated heterocycles. The average Bonchev–Trinajstić information content (AvgIpc) is 3.13.